The van der Waals surface area contributed by atoms with Crippen LogP contribution >= 0.6 is 0 Å². The first-order chi connectivity index (χ1) is 11.7. The summed E-state index contributed by atoms with van der Waals surface area (Å²) >= 11 is 0. The van der Waals surface area contributed by atoms with E-state index in [-0.39, 0.29) is 5.41 Å². The first-order valence-electron chi connectivity index (χ1n) is 10.9. The lowest BCUT2D eigenvalue weighted by Crippen LogP contribution is -2.50. The molecule has 0 bridgehead atoms. The average Bonchev–Trinajstić information content (AvgIpc) is 3.23. The van der Waals surface area contributed by atoms with Crippen LogP contribution in [-0.4, -0.2) is 29.8 Å². The van der Waals surface area contributed by atoms with Gasteiger partial charge in [-0.25, -0.2) is 0 Å². The van der Waals surface area contributed by atoms with Gasteiger partial charge in [0.05, 0.1) is 0 Å². The number of hydrogen-bond acceptors (Lipinski definition) is 2. The second kappa shape index (κ2) is 5.83. The van der Waals surface area contributed by atoms with Crippen molar-refractivity contribution in [3.05, 3.63) is 0 Å². The van der Waals surface area contributed by atoms with Gasteiger partial charge in [0.15, 0.2) is 0 Å². The molecule has 4 saturated carbocycles. The zero-order valence-corrected chi connectivity index (χ0v) is 15.5. The van der Waals surface area contributed by atoms with Crippen LogP contribution in [0.1, 0.15) is 77.6 Å². The van der Waals surface area contributed by atoms with Crippen LogP contribution in [0.5, 0.6) is 0 Å². The molecule has 2 heteroatoms. The molecule has 4 aliphatic carbocycles. The summed E-state index contributed by atoms with van der Waals surface area (Å²) in [6, 6.07) is 0.909. The number of nitrogens with zero attached hydrogens (tertiary/aromatic N) is 1. The van der Waals surface area contributed by atoms with Crippen molar-refractivity contribution < 1.29 is 4.79 Å². The highest BCUT2D eigenvalue weighted by molar-refractivity contribution is 5.87. The Hall–Kier alpha value is -0.370. The molecule has 1 saturated heterocycles. The van der Waals surface area contributed by atoms with Crippen molar-refractivity contribution >= 4 is 5.78 Å². The van der Waals surface area contributed by atoms with Crippen LogP contribution in [0.25, 0.3) is 0 Å². The molecule has 5 aliphatic rings. The maximum atomic E-state index is 12.5. The van der Waals surface area contributed by atoms with Gasteiger partial charge in [0.1, 0.15) is 5.78 Å². The van der Waals surface area contributed by atoms with E-state index in [0.717, 1.165) is 42.1 Å². The molecule has 5 fully saturated rings. The number of Topliss-reactive ketones (excluding diaryl/α,β-unsaturated/α-hetero) is 1. The first-order valence-corrected chi connectivity index (χ1v) is 10.9. The molecule has 0 N–H and O–H groups in total. The molecule has 0 radical (unpaired) electrons. The smallest absolute Gasteiger partial charge is 0.139 e. The summed E-state index contributed by atoms with van der Waals surface area (Å²) < 4.78 is 0. The fraction of sp³-hybridized carbons (Fsp3) is 0.955. The van der Waals surface area contributed by atoms with Gasteiger partial charge in [-0.3, -0.25) is 4.79 Å². The maximum absolute atomic E-state index is 12.5. The van der Waals surface area contributed by atoms with Crippen LogP contribution in [-0.2, 0) is 4.79 Å². The maximum Gasteiger partial charge on any atom is 0.139 e. The van der Waals surface area contributed by atoms with Gasteiger partial charge in [-0.15, -0.1) is 0 Å². The standard InChI is InChI=1S/C22H35NO/c1-22-11-10-18-17-7-5-16(23-12-2-3-13-23)14-15(17)4-6-19(18)20(22)8-9-21(22)24/h15-20H,2-14H2,1H3/t15-,16-,17-,18+,19+,20-,22-/m0/s1. The van der Waals surface area contributed by atoms with Crippen molar-refractivity contribution in [2.24, 2.45) is 35.0 Å². The summed E-state index contributed by atoms with van der Waals surface area (Å²) in [5.41, 5.74) is 0.0702. The van der Waals surface area contributed by atoms with Crippen LogP contribution in [0.3, 0.4) is 0 Å². The fourth-order valence-electron chi connectivity index (χ4n) is 8.04. The van der Waals surface area contributed by atoms with Crippen LogP contribution in [0.2, 0.25) is 0 Å². The minimum atomic E-state index is 0.0702. The SMILES string of the molecule is C[C@]12CC[C@H]3[C@@H](CC[C@H]4C[C@@H](N5CCCC5)CC[C@@H]43)[C@@H]1CCC2=O. The van der Waals surface area contributed by atoms with E-state index in [1.54, 1.807) is 0 Å². The molecule has 0 unspecified atom stereocenters. The van der Waals surface area contributed by atoms with Crippen LogP contribution < -0.4 is 0 Å². The van der Waals surface area contributed by atoms with Crippen molar-refractivity contribution in [2.45, 2.75) is 83.6 Å². The minimum Gasteiger partial charge on any atom is -0.300 e. The Bertz CT molecular complexity index is 510. The van der Waals surface area contributed by atoms with Crippen LogP contribution in [0.4, 0.5) is 0 Å². The van der Waals surface area contributed by atoms with E-state index in [9.17, 15) is 4.79 Å². The van der Waals surface area contributed by atoms with Crippen molar-refractivity contribution in [1.82, 2.24) is 4.90 Å². The van der Waals surface area contributed by atoms with Crippen molar-refractivity contribution in [1.29, 1.82) is 0 Å². The first kappa shape index (κ1) is 15.9. The molecule has 0 aromatic heterocycles. The Kier molecular flexibility index (Phi) is 3.85. The van der Waals surface area contributed by atoms with Gasteiger partial charge in [0, 0.05) is 17.9 Å². The minimum absolute atomic E-state index is 0.0702. The Morgan fingerprint density at radius 3 is 2.54 bits per heavy atom. The molecule has 24 heavy (non-hydrogen) atoms. The summed E-state index contributed by atoms with van der Waals surface area (Å²) in [6.45, 7) is 5.06. The topological polar surface area (TPSA) is 20.3 Å². The van der Waals surface area contributed by atoms with Gasteiger partial charge in [0.2, 0.25) is 0 Å². The van der Waals surface area contributed by atoms with E-state index in [2.05, 4.69) is 11.8 Å². The predicted molar refractivity (Wildman–Crippen MR) is 96.7 cm³/mol. The molecule has 2 nitrogen and oxygen atoms in total. The number of rotatable bonds is 1. The number of fused-ring (bicyclic) bond motifs is 5. The summed E-state index contributed by atoms with van der Waals surface area (Å²) in [5, 5.41) is 0. The Morgan fingerprint density at radius 1 is 0.917 bits per heavy atom. The quantitative estimate of drug-likeness (QED) is 0.696. The van der Waals surface area contributed by atoms with Crippen LogP contribution in [0.15, 0.2) is 0 Å². The van der Waals surface area contributed by atoms with Crippen molar-refractivity contribution in [2.75, 3.05) is 13.1 Å². The predicted octanol–water partition coefficient (Wildman–Crippen LogP) is 4.67. The van der Waals surface area contributed by atoms with Gasteiger partial charge >= 0.3 is 0 Å². The summed E-state index contributed by atoms with van der Waals surface area (Å²) in [4.78, 5) is 15.3. The molecule has 0 amide bonds. The number of carbonyl (C=O) groups is 1. The Morgan fingerprint density at radius 2 is 1.71 bits per heavy atom. The zero-order chi connectivity index (χ0) is 16.3. The summed E-state index contributed by atoms with van der Waals surface area (Å²) in [5.74, 6) is 5.20. The third-order valence-electron chi connectivity index (χ3n) is 9.29. The molecule has 7 atom stereocenters. The zero-order valence-electron chi connectivity index (χ0n) is 15.5. The summed E-state index contributed by atoms with van der Waals surface area (Å²) in [7, 11) is 0. The van der Waals surface area contributed by atoms with Gasteiger partial charge in [-0.2, -0.15) is 0 Å². The Balaban J connectivity index is 1.31. The normalized spacial score (nSPS) is 52.0. The lowest BCUT2D eigenvalue weighted by atomic mass is 9.50. The molecule has 1 heterocycles. The molecular formula is C22H35NO. The average molecular weight is 330 g/mol. The van der Waals surface area contributed by atoms with Crippen molar-refractivity contribution in [3.63, 3.8) is 0 Å². The number of ketones is 1. The third kappa shape index (κ3) is 2.27. The third-order valence-corrected chi connectivity index (χ3v) is 9.29. The monoisotopic (exact) mass is 329 g/mol. The second-order valence-electron chi connectivity index (χ2n) is 10.1. The van der Waals surface area contributed by atoms with Gasteiger partial charge in [-0.1, -0.05) is 6.92 Å². The van der Waals surface area contributed by atoms with Crippen molar-refractivity contribution in [3.8, 4) is 0 Å². The molecule has 0 spiro atoms. The molecular weight excluding hydrogens is 294 g/mol. The van der Waals surface area contributed by atoms with E-state index < -0.39 is 0 Å². The molecule has 1 aliphatic heterocycles. The number of hydrogen-bond donors (Lipinski definition) is 0. The van der Waals surface area contributed by atoms with Gasteiger partial charge < -0.3 is 4.90 Å². The van der Waals surface area contributed by atoms with E-state index >= 15 is 0 Å². The summed E-state index contributed by atoms with van der Waals surface area (Å²) in [6.07, 6.45) is 14.9. The molecule has 5 rings (SSSR count). The van der Waals surface area contributed by atoms with E-state index in [1.807, 2.05) is 0 Å². The van der Waals surface area contributed by atoms with E-state index in [1.165, 1.54) is 77.3 Å². The second-order valence-corrected chi connectivity index (χ2v) is 10.1. The number of likely N-dealkylation sites (tertiary alicyclic amines) is 1. The highest BCUT2D eigenvalue weighted by Gasteiger charge is 2.57. The highest BCUT2D eigenvalue weighted by atomic mass is 16.1. The van der Waals surface area contributed by atoms with Crippen LogP contribution in [0, 0.1) is 35.0 Å². The fourth-order valence-corrected chi connectivity index (χ4v) is 8.04. The van der Waals surface area contributed by atoms with Gasteiger partial charge in [-0.05, 0) is 107 Å². The largest absolute Gasteiger partial charge is 0.300 e. The lowest BCUT2D eigenvalue weighted by Gasteiger charge is -2.55. The number of carbonyl (C=O) groups excluding carboxylic acids is 1. The Labute approximate surface area is 147 Å². The van der Waals surface area contributed by atoms with E-state index in [4.69, 9.17) is 0 Å². The molecule has 0 aromatic carbocycles. The molecule has 0 aromatic rings. The lowest BCUT2D eigenvalue weighted by molar-refractivity contribution is -0.133. The van der Waals surface area contributed by atoms with E-state index in [0.29, 0.717) is 5.78 Å². The van der Waals surface area contributed by atoms with Gasteiger partial charge in [0.25, 0.3) is 0 Å². The highest BCUT2D eigenvalue weighted by Crippen LogP contribution is 2.61. The molecule has 134 valence electrons.